The van der Waals surface area contributed by atoms with Gasteiger partial charge in [-0.2, -0.15) is 0 Å². The Bertz CT molecular complexity index is 401. The Hall–Kier alpha value is -1.51. The lowest BCUT2D eigenvalue weighted by Crippen LogP contribution is -2.32. The summed E-state index contributed by atoms with van der Waals surface area (Å²) in [6.07, 6.45) is 3.35. The number of amides is 1. The molecule has 0 saturated heterocycles. The van der Waals surface area contributed by atoms with E-state index in [4.69, 9.17) is 0 Å². The van der Waals surface area contributed by atoms with Gasteiger partial charge in [0.15, 0.2) is 0 Å². The van der Waals surface area contributed by atoms with Crippen LogP contribution in [0.2, 0.25) is 0 Å². The molecule has 0 aromatic heterocycles. The number of hydrogen-bond donors (Lipinski definition) is 2. The van der Waals surface area contributed by atoms with Crippen LogP contribution in [0.15, 0.2) is 18.2 Å². The van der Waals surface area contributed by atoms with Crippen LogP contribution in [0.5, 0.6) is 0 Å². The summed E-state index contributed by atoms with van der Waals surface area (Å²) in [4.78, 5) is 12.0. The monoisotopic (exact) mass is 248 g/mol. The highest BCUT2D eigenvalue weighted by atomic mass is 16.1. The number of aryl methyl sites for hydroxylation is 1. The van der Waals surface area contributed by atoms with Gasteiger partial charge in [0, 0.05) is 24.3 Å². The van der Waals surface area contributed by atoms with Crippen LogP contribution in [0.3, 0.4) is 0 Å². The van der Waals surface area contributed by atoms with Crippen LogP contribution in [-0.4, -0.2) is 19.0 Å². The quantitative estimate of drug-likeness (QED) is 0.810. The molecule has 3 nitrogen and oxygen atoms in total. The van der Waals surface area contributed by atoms with Crippen LogP contribution >= 0.6 is 0 Å². The van der Waals surface area contributed by atoms with Gasteiger partial charge in [-0.15, -0.1) is 0 Å². The number of anilines is 1. The second-order valence-electron chi connectivity index (χ2n) is 4.80. The van der Waals surface area contributed by atoms with E-state index < -0.39 is 0 Å². The molecule has 0 aliphatic heterocycles. The molecule has 0 spiro atoms. The Morgan fingerprint density at radius 1 is 1.39 bits per heavy atom. The highest BCUT2D eigenvalue weighted by Gasteiger charge is 2.10. The van der Waals surface area contributed by atoms with E-state index in [2.05, 4.69) is 24.5 Å². The molecule has 100 valence electrons. The van der Waals surface area contributed by atoms with Crippen LogP contribution in [0.1, 0.15) is 49.0 Å². The zero-order valence-electron chi connectivity index (χ0n) is 11.8. The van der Waals surface area contributed by atoms with Crippen LogP contribution in [-0.2, 0) is 0 Å². The van der Waals surface area contributed by atoms with Crippen LogP contribution in [0.25, 0.3) is 0 Å². The standard InChI is InChI=1S/C15H24N2O/c1-5-6-7-12(3)17-15(18)13-8-9-14(16-4)11(2)10-13/h8-10,12,16H,5-7H2,1-4H3,(H,17,18). The molecule has 18 heavy (non-hydrogen) atoms. The maximum Gasteiger partial charge on any atom is 0.251 e. The summed E-state index contributed by atoms with van der Waals surface area (Å²) < 4.78 is 0. The van der Waals surface area contributed by atoms with Crippen molar-refractivity contribution < 1.29 is 4.79 Å². The summed E-state index contributed by atoms with van der Waals surface area (Å²) in [7, 11) is 1.88. The number of rotatable bonds is 6. The molecule has 1 rings (SSSR count). The number of unbranched alkanes of at least 4 members (excludes halogenated alkanes) is 1. The van der Waals surface area contributed by atoms with E-state index in [-0.39, 0.29) is 11.9 Å². The molecule has 0 bridgehead atoms. The van der Waals surface area contributed by atoms with Crippen LogP contribution in [0, 0.1) is 6.92 Å². The summed E-state index contributed by atoms with van der Waals surface area (Å²) in [6, 6.07) is 5.97. The molecule has 3 heteroatoms. The van der Waals surface area contributed by atoms with Gasteiger partial charge < -0.3 is 10.6 Å². The predicted octanol–water partition coefficient (Wildman–Crippen LogP) is 3.35. The summed E-state index contributed by atoms with van der Waals surface area (Å²) in [6.45, 7) is 6.22. The number of carbonyl (C=O) groups excluding carboxylic acids is 1. The van der Waals surface area contributed by atoms with Gasteiger partial charge in [-0.3, -0.25) is 4.79 Å². The molecule has 2 N–H and O–H groups in total. The van der Waals surface area contributed by atoms with Gasteiger partial charge in [0.1, 0.15) is 0 Å². The number of carbonyl (C=O) groups is 1. The van der Waals surface area contributed by atoms with Gasteiger partial charge in [0.05, 0.1) is 0 Å². The zero-order chi connectivity index (χ0) is 13.5. The van der Waals surface area contributed by atoms with E-state index in [0.717, 1.165) is 36.1 Å². The molecule has 1 aromatic rings. The van der Waals surface area contributed by atoms with Crippen molar-refractivity contribution in [3.63, 3.8) is 0 Å². The number of hydrogen-bond acceptors (Lipinski definition) is 2. The highest BCUT2D eigenvalue weighted by Crippen LogP contribution is 2.15. The maximum absolute atomic E-state index is 12.0. The van der Waals surface area contributed by atoms with Crippen molar-refractivity contribution in [2.24, 2.45) is 0 Å². The molecule has 0 radical (unpaired) electrons. The van der Waals surface area contributed by atoms with E-state index in [0.29, 0.717) is 0 Å². The molecule has 0 fully saturated rings. The lowest BCUT2D eigenvalue weighted by atomic mass is 10.1. The maximum atomic E-state index is 12.0. The molecule has 0 saturated carbocycles. The van der Waals surface area contributed by atoms with E-state index in [1.807, 2.05) is 32.2 Å². The Balaban J connectivity index is 2.64. The van der Waals surface area contributed by atoms with Crippen LogP contribution < -0.4 is 10.6 Å². The first kappa shape index (κ1) is 14.6. The Kier molecular flexibility index (Phi) is 5.69. The van der Waals surface area contributed by atoms with Gasteiger partial charge in [-0.25, -0.2) is 0 Å². The first-order chi connectivity index (χ1) is 8.58. The Labute approximate surface area is 110 Å². The van der Waals surface area contributed by atoms with Gasteiger partial charge >= 0.3 is 0 Å². The molecule has 0 heterocycles. The molecule has 0 aliphatic rings. The third-order valence-electron chi connectivity index (χ3n) is 3.13. The van der Waals surface area contributed by atoms with Crippen molar-refractivity contribution in [2.75, 3.05) is 12.4 Å². The third-order valence-corrected chi connectivity index (χ3v) is 3.13. The van der Waals surface area contributed by atoms with E-state index in [9.17, 15) is 4.79 Å². The minimum atomic E-state index is 0.0179. The van der Waals surface area contributed by atoms with Gasteiger partial charge in [-0.1, -0.05) is 19.8 Å². The van der Waals surface area contributed by atoms with Crippen molar-refractivity contribution in [3.8, 4) is 0 Å². The average Bonchev–Trinajstić information content (AvgIpc) is 2.36. The molecule has 1 amide bonds. The van der Waals surface area contributed by atoms with Crippen molar-refractivity contribution in [3.05, 3.63) is 29.3 Å². The minimum absolute atomic E-state index is 0.0179. The van der Waals surface area contributed by atoms with Crippen molar-refractivity contribution in [1.82, 2.24) is 5.32 Å². The summed E-state index contributed by atoms with van der Waals surface area (Å²) in [5.41, 5.74) is 2.88. The van der Waals surface area contributed by atoms with E-state index in [1.54, 1.807) is 0 Å². The second-order valence-corrected chi connectivity index (χ2v) is 4.80. The van der Waals surface area contributed by atoms with Gasteiger partial charge in [0.25, 0.3) is 5.91 Å². The third kappa shape index (κ3) is 4.06. The summed E-state index contributed by atoms with van der Waals surface area (Å²) in [5.74, 6) is 0.0179. The molecule has 0 aliphatic carbocycles. The SMILES string of the molecule is CCCCC(C)NC(=O)c1ccc(NC)c(C)c1. The molecule has 1 unspecified atom stereocenters. The van der Waals surface area contributed by atoms with Crippen molar-refractivity contribution in [1.29, 1.82) is 0 Å². The fourth-order valence-electron chi connectivity index (χ4n) is 1.98. The highest BCUT2D eigenvalue weighted by molar-refractivity contribution is 5.95. The van der Waals surface area contributed by atoms with E-state index in [1.165, 1.54) is 0 Å². The summed E-state index contributed by atoms with van der Waals surface area (Å²) >= 11 is 0. The van der Waals surface area contributed by atoms with Crippen molar-refractivity contribution in [2.45, 2.75) is 46.1 Å². The first-order valence-corrected chi connectivity index (χ1v) is 6.67. The van der Waals surface area contributed by atoms with Crippen LogP contribution in [0.4, 0.5) is 5.69 Å². The minimum Gasteiger partial charge on any atom is -0.388 e. The number of nitrogens with one attached hydrogen (secondary N) is 2. The fourth-order valence-corrected chi connectivity index (χ4v) is 1.98. The number of benzene rings is 1. The topological polar surface area (TPSA) is 41.1 Å². The van der Waals surface area contributed by atoms with Gasteiger partial charge in [-0.05, 0) is 44.0 Å². The second kappa shape index (κ2) is 7.04. The Morgan fingerprint density at radius 2 is 2.11 bits per heavy atom. The fraction of sp³-hybridized carbons (Fsp3) is 0.533. The van der Waals surface area contributed by atoms with Gasteiger partial charge in [0.2, 0.25) is 0 Å². The largest absolute Gasteiger partial charge is 0.388 e. The molecular formula is C15H24N2O. The average molecular weight is 248 g/mol. The smallest absolute Gasteiger partial charge is 0.251 e. The molecule has 1 aromatic carbocycles. The predicted molar refractivity (Wildman–Crippen MR) is 77.2 cm³/mol. The zero-order valence-corrected chi connectivity index (χ0v) is 11.8. The Morgan fingerprint density at radius 3 is 2.67 bits per heavy atom. The molecule has 1 atom stereocenters. The lowest BCUT2D eigenvalue weighted by Gasteiger charge is -2.14. The lowest BCUT2D eigenvalue weighted by molar-refractivity contribution is 0.0938. The summed E-state index contributed by atoms with van der Waals surface area (Å²) in [5, 5.41) is 6.13. The first-order valence-electron chi connectivity index (χ1n) is 6.67. The molecular weight excluding hydrogens is 224 g/mol. The normalized spacial score (nSPS) is 12.0. The van der Waals surface area contributed by atoms with Crippen molar-refractivity contribution >= 4 is 11.6 Å². The van der Waals surface area contributed by atoms with E-state index >= 15 is 0 Å².